The molecule has 1 aliphatic heterocycles. The molecule has 0 aliphatic carbocycles. The predicted molar refractivity (Wildman–Crippen MR) is 119 cm³/mol. The fraction of sp³-hybridized carbons (Fsp3) is 0.348. The summed E-state index contributed by atoms with van der Waals surface area (Å²) in [6.45, 7) is 7.18. The van der Waals surface area contributed by atoms with Gasteiger partial charge in [0.2, 0.25) is 0 Å². The number of hydrogen-bond donors (Lipinski definition) is 3. The molecule has 2 heterocycles. The number of aromatic hydroxyl groups is 1. The Labute approximate surface area is 175 Å². The van der Waals surface area contributed by atoms with Gasteiger partial charge in [-0.3, -0.25) is 9.89 Å². The molecule has 0 radical (unpaired) electrons. The number of aliphatic imine (C=N–C) groups is 1. The Balaban J connectivity index is 1.38. The van der Waals surface area contributed by atoms with Gasteiger partial charge in [0.25, 0.3) is 0 Å². The van der Waals surface area contributed by atoms with Gasteiger partial charge in [-0.05, 0) is 43.7 Å². The van der Waals surface area contributed by atoms with Crippen LogP contribution in [0.2, 0.25) is 0 Å². The predicted octanol–water partition coefficient (Wildman–Crippen LogP) is 4.21. The lowest BCUT2D eigenvalue weighted by molar-refractivity contribution is 0.0378. The van der Waals surface area contributed by atoms with Crippen molar-refractivity contribution in [3.8, 4) is 5.88 Å². The minimum atomic E-state index is -0.338. The van der Waals surface area contributed by atoms with Crippen LogP contribution in [0.25, 0.3) is 10.9 Å². The molecule has 1 aromatic heterocycles. The van der Waals surface area contributed by atoms with Crippen LogP contribution >= 0.6 is 0 Å². The maximum absolute atomic E-state index is 14.5. The third kappa shape index (κ3) is 4.63. The number of aromatic amines is 1. The molecule has 3 N–H and O–H groups in total. The maximum atomic E-state index is 14.5. The lowest BCUT2D eigenvalue weighted by atomic mass is 10.1. The Morgan fingerprint density at radius 3 is 2.90 bits per heavy atom. The number of fused-ring (bicyclic) bond motifs is 1. The Morgan fingerprint density at radius 1 is 1.27 bits per heavy atom. The van der Waals surface area contributed by atoms with Crippen molar-refractivity contribution in [3.63, 3.8) is 0 Å². The molecule has 0 unspecified atom stereocenters. The second-order valence-corrected chi connectivity index (χ2v) is 7.54. The summed E-state index contributed by atoms with van der Waals surface area (Å²) in [7, 11) is 0. The first-order valence-electron chi connectivity index (χ1n) is 10.3. The molecule has 0 bridgehead atoms. The molecule has 30 heavy (non-hydrogen) atoms. The van der Waals surface area contributed by atoms with Gasteiger partial charge < -0.3 is 20.1 Å². The third-order valence-corrected chi connectivity index (χ3v) is 5.42. The highest BCUT2D eigenvalue weighted by Gasteiger charge is 2.11. The van der Waals surface area contributed by atoms with Crippen molar-refractivity contribution in [3.05, 3.63) is 53.3 Å². The number of nitrogens with one attached hydrogen (secondary N) is 2. The summed E-state index contributed by atoms with van der Waals surface area (Å²) < 4.78 is 19.8. The molecule has 158 valence electrons. The Bertz CT molecular complexity index is 1040. The van der Waals surface area contributed by atoms with E-state index < -0.39 is 0 Å². The Hall–Kier alpha value is -2.90. The zero-order valence-electron chi connectivity index (χ0n) is 17.1. The summed E-state index contributed by atoms with van der Waals surface area (Å²) in [5, 5.41) is 14.3. The van der Waals surface area contributed by atoms with Crippen LogP contribution in [0.1, 0.15) is 17.5 Å². The topological polar surface area (TPSA) is 72.9 Å². The Morgan fingerprint density at radius 2 is 2.10 bits per heavy atom. The lowest BCUT2D eigenvalue weighted by Crippen LogP contribution is -2.37. The molecule has 1 saturated heterocycles. The molecule has 4 rings (SSSR count). The van der Waals surface area contributed by atoms with Gasteiger partial charge in [-0.15, -0.1) is 0 Å². The minimum Gasteiger partial charge on any atom is -0.494 e. The first-order valence-corrected chi connectivity index (χ1v) is 10.3. The van der Waals surface area contributed by atoms with E-state index in [0.29, 0.717) is 23.5 Å². The van der Waals surface area contributed by atoms with E-state index in [2.05, 4.69) is 20.2 Å². The number of aromatic nitrogens is 1. The van der Waals surface area contributed by atoms with Crippen molar-refractivity contribution in [1.82, 2.24) is 9.88 Å². The van der Waals surface area contributed by atoms with Crippen LogP contribution in [0, 0.1) is 12.7 Å². The van der Waals surface area contributed by atoms with E-state index in [-0.39, 0.29) is 11.7 Å². The molecule has 7 heteroatoms. The van der Waals surface area contributed by atoms with Crippen molar-refractivity contribution < 1.29 is 14.2 Å². The van der Waals surface area contributed by atoms with Crippen LogP contribution in [-0.2, 0) is 4.74 Å². The van der Waals surface area contributed by atoms with Crippen molar-refractivity contribution in [2.24, 2.45) is 4.99 Å². The van der Waals surface area contributed by atoms with Gasteiger partial charge in [0, 0.05) is 42.8 Å². The number of benzene rings is 2. The van der Waals surface area contributed by atoms with Gasteiger partial charge >= 0.3 is 0 Å². The minimum absolute atomic E-state index is 0.0575. The van der Waals surface area contributed by atoms with Gasteiger partial charge in [-0.25, -0.2) is 4.39 Å². The largest absolute Gasteiger partial charge is 0.494 e. The molecule has 0 spiro atoms. The summed E-state index contributed by atoms with van der Waals surface area (Å²) in [5.41, 5.74) is 3.45. The standard InChI is InChI=1S/C23H27FN4O2/c1-16-4-2-5-21-22(16)18(23(29)27-21)15-26-17-6-7-20(19(24)14-17)25-8-3-9-28-10-12-30-13-11-28/h2,4-7,14-15,25,27,29H,3,8-13H2,1H3. The molecular weight excluding hydrogens is 383 g/mol. The quantitative estimate of drug-likeness (QED) is 0.403. The number of nitrogens with zero attached hydrogens (tertiary/aromatic N) is 2. The van der Waals surface area contributed by atoms with E-state index in [9.17, 15) is 9.50 Å². The lowest BCUT2D eigenvalue weighted by Gasteiger charge is -2.26. The van der Waals surface area contributed by atoms with Crippen molar-refractivity contribution >= 4 is 28.5 Å². The number of ether oxygens (including phenoxy) is 1. The average molecular weight is 410 g/mol. The number of halogens is 1. The summed E-state index contributed by atoms with van der Waals surface area (Å²) in [5.74, 6) is -0.280. The Kier molecular flexibility index (Phi) is 6.30. The normalized spacial score (nSPS) is 15.3. The molecule has 0 amide bonds. The van der Waals surface area contributed by atoms with Gasteiger partial charge in [-0.2, -0.15) is 0 Å². The van der Waals surface area contributed by atoms with E-state index in [1.54, 1.807) is 18.3 Å². The van der Waals surface area contributed by atoms with Gasteiger partial charge in [-0.1, -0.05) is 12.1 Å². The van der Waals surface area contributed by atoms with Gasteiger partial charge in [0.1, 0.15) is 5.82 Å². The smallest absolute Gasteiger partial charge is 0.198 e. The molecule has 6 nitrogen and oxygen atoms in total. The number of H-pyrrole nitrogens is 1. The molecule has 0 atom stereocenters. The van der Waals surface area contributed by atoms with Gasteiger partial charge in [0.15, 0.2) is 5.88 Å². The zero-order valence-corrected chi connectivity index (χ0v) is 17.1. The first-order chi connectivity index (χ1) is 14.6. The van der Waals surface area contributed by atoms with Crippen LogP contribution in [0.5, 0.6) is 5.88 Å². The summed E-state index contributed by atoms with van der Waals surface area (Å²) >= 11 is 0. The second kappa shape index (κ2) is 9.28. The average Bonchev–Trinajstić information content (AvgIpc) is 3.08. The van der Waals surface area contributed by atoms with Crippen molar-refractivity contribution in [1.29, 1.82) is 0 Å². The SMILES string of the molecule is Cc1cccc2[nH]c(O)c(C=Nc3ccc(NCCCN4CCOCC4)c(F)c3)c12. The monoisotopic (exact) mass is 410 g/mol. The van der Waals surface area contributed by atoms with E-state index in [0.717, 1.165) is 55.7 Å². The molecule has 3 aromatic rings. The summed E-state index contributed by atoms with van der Waals surface area (Å²) in [4.78, 5) is 9.68. The molecule has 1 aliphatic rings. The molecule has 0 saturated carbocycles. The van der Waals surface area contributed by atoms with Crippen molar-refractivity contribution in [2.45, 2.75) is 13.3 Å². The van der Waals surface area contributed by atoms with E-state index in [4.69, 9.17) is 4.74 Å². The number of anilines is 1. The van der Waals surface area contributed by atoms with Crippen LogP contribution in [0.3, 0.4) is 0 Å². The van der Waals surface area contributed by atoms with Crippen LogP contribution < -0.4 is 5.32 Å². The van der Waals surface area contributed by atoms with Crippen molar-refractivity contribution in [2.75, 3.05) is 44.7 Å². The van der Waals surface area contributed by atoms with E-state index >= 15 is 0 Å². The van der Waals surface area contributed by atoms with E-state index in [1.807, 2.05) is 25.1 Å². The number of rotatable bonds is 7. The fourth-order valence-corrected chi connectivity index (χ4v) is 3.79. The highest BCUT2D eigenvalue weighted by atomic mass is 19.1. The first kappa shape index (κ1) is 20.4. The number of aryl methyl sites for hydroxylation is 1. The van der Waals surface area contributed by atoms with Gasteiger partial charge in [0.05, 0.1) is 30.2 Å². The molecular formula is C23H27FN4O2. The highest BCUT2D eigenvalue weighted by Crippen LogP contribution is 2.29. The molecule has 1 fully saturated rings. The van der Waals surface area contributed by atoms with Crippen LogP contribution in [0.15, 0.2) is 41.4 Å². The molecule has 2 aromatic carbocycles. The second-order valence-electron chi connectivity index (χ2n) is 7.54. The third-order valence-electron chi connectivity index (χ3n) is 5.42. The van der Waals surface area contributed by atoms with Crippen LogP contribution in [-0.4, -0.2) is 60.6 Å². The summed E-state index contributed by atoms with van der Waals surface area (Å²) in [6, 6.07) is 10.7. The maximum Gasteiger partial charge on any atom is 0.198 e. The van der Waals surface area contributed by atoms with E-state index in [1.165, 1.54) is 6.07 Å². The summed E-state index contributed by atoms with van der Waals surface area (Å²) in [6.07, 6.45) is 2.52. The fourth-order valence-electron chi connectivity index (χ4n) is 3.79. The zero-order chi connectivity index (χ0) is 20.9. The van der Waals surface area contributed by atoms with Crippen LogP contribution in [0.4, 0.5) is 15.8 Å². The number of morpholine rings is 1. The number of hydrogen-bond acceptors (Lipinski definition) is 5. The highest BCUT2D eigenvalue weighted by molar-refractivity contribution is 6.04.